The SMILES string of the molecule is CN(Cc1ccc(-c2cc3cc(F)cc(C(N)=O)c3o2)cc1)Cc1ccccc1NC1CCC(=O)NC1=O. The molecular weight excluding hydrogens is 487 g/mol. The highest BCUT2D eigenvalue weighted by Crippen LogP contribution is 2.31. The Labute approximate surface area is 218 Å². The zero-order chi connectivity index (χ0) is 26.8. The molecule has 1 aliphatic heterocycles. The number of para-hydroxylation sites is 1. The number of carbonyl (C=O) groups is 3. The lowest BCUT2D eigenvalue weighted by molar-refractivity contribution is -0.133. The third-order valence-corrected chi connectivity index (χ3v) is 6.56. The topological polar surface area (TPSA) is 118 Å². The van der Waals surface area contributed by atoms with E-state index in [2.05, 4.69) is 15.5 Å². The van der Waals surface area contributed by atoms with E-state index < -0.39 is 17.8 Å². The number of benzene rings is 3. The second-order valence-electron chi connectivity index (χ2n) is 9.52. The molecule has 0 aliphatic carbocycles. The Morgan fingerprint density at radius 1 is 1.11 bits per heavy atom. The molecule has 4 N–H and O–H groups in total. The molecule has 3 amide bonds. The maximum absolute atomic E-state index is 13.9. The van der Waals surface area contributed by atoms with Crippen LogP contribution in [0.2, 0.25) is 0 Å². The predicted octanol–water partition coefficient (Wildman–Crippen LogP) is 4.19. The number of nitrogens with two attached hydrogens (primary N) is 1. The van der Waals surface area contributed by atoms with Crippen molar-refractivity contribution in [3.05, 3.63) is 89.2 Å². The van der Waals surface area contributed by atoms with Crippen LogP contribution < -0.4 is 16.4 Å². The van der Waals surface area contributed by atoms with Gasteiger partial charge >= 0.3 is 0 Å². The molecule has 194 valence electrons. The molecule has 8 nitrogen and oxygen atoms in total. The van der Waals surface area contributed by atoms with Crippen LogP contribution in [0.3, 0.4) is 0 Å². The normalized spacial score (nSPS) is 15.6. The first kappa shape index (κ1) is 25.2. The number of halogens is 1. The van der Waals surface area contributed by atoms with Gasteiger partial charge in [-0.3, -0.25) is 24.6 Å². The Morgan fingerprint density at radius 3 is 2.61 bits per heavy atom. The first-order valence-corrected chi connectivity index (χ1v) is 12.3. The quantitative estimate of drug-likeness (QED) is 0.304. The minimum Gasteiger partial charge on any atom is -0.455 e. The molecule has 1 atom stereocenters. The molecule has 5 rings (SSSR count). The van der Waals surface area contributed by atoms with Crippen LogP contribution in [0.25, 0.3) is 22.3 Å². The van der Waals surface area contributed by atoms with Gasteiger partial charge in [-0.15, -0.1) is 0 Å². The number of rotatable bonds is 8. The number of imide groups is 1. The highest BCUT2D eigenvalue weighted by Gasteiger charge is 2.26. The molecule has 2 heterocycles. The van der Waals surface area contributed by atoms with Crippen LogP contribution in [0.4, 0.5) is 10.1 Å². The lowest BCUT2D eigenvalue weighted by Crippen LogP contribution is -2.47. The molecule has 0 bridgehead atoms. The molecule has 1 unspecified atom stereocenters. The summed E-state index contributed by atoms with van der Waals surface area (Å²) in [6.45, 7) is 1.31. The first-order chi connectivity index (χ1) is 18.3. The average molecular weight is 515 g/mol. The van der Waals surface area contributed by atoms with Gasteiger partial charge in [0.25, 0.3) is 5.91 Å². The highest BCUT2D eigenvalue weighted by molar-refractivity contribution is 6.05. The third kappa shape index (κ3) is 5.42. The maximum Gasteiger partial charge on any atom is 0.252 e. The summed E-state index contributed by atoms with van der Waals surface area (Å²) in [7, 11) is 2.01. The largest absolute Gasteiger partial charge is 0.455 e. The fraction of sp³-hybridized carbons (Fsp3) is 0.207. The van der Waals surface area contributed by atoms with E-state index in [1.54, 1.807) is 6.07 Å². The van der Waals surface area contributed by atoms with Crippen LogP contribution in [-0.4, -0.2) is 35.7 Å². The van der Waals surface area contributed by atoms with E-state index in [-0.39, 0.29) is 23.0 Å². The van der Waals surface area contributed by atoms with Crippen molar-refractivity contribution in [2.24, 2.45) is 5.73 Å². The van der Waals surface area contributed by atoms with Gasteiger partial charge in [0, 0.05) is 36.1 Å². The number of anilines is 1. The van der Waals surface area contributed by atoms with Crippen molar-refractivity contribution in [1.82, 2.24) is 10.2 Å². The number of nitrogens with one attached hydrogen (secondary N) is 2. The molecule has 1 aliphatic rings. The number of hydrogen-bond acceptors (Lipinski definition) is 6. The molecule has 1 fully saturated rings. The van der Waals surface area contributed by atoms with Crippen LogP contribution in [0.5, 0.6) is 0 Å². The van der Waals surface area contributed by atoms with Crippen molar-refractivity contribution in [2.45, 2.75) is 32.0 Å². The Hall–Kier alpha value is -4.50. The average Bonchev–Trinajstić information content (AvgIpc) is 3.30. The van der Waals surface area contributed by atoms with E-state index in [4.69, 9.17) is 10.2 Å². The van der Waals surface area contributed by atoms with Crippen LogP contribution in [0.15, 0.2) is 71.1 Å². The third-order valence-electron chi connectivity index (χ3n) is 6.56. The Bertz CT molecular complexity index is 1530. The van der Waals surface area contributed by atoms with Crippen LogP contribution in [0, 0.1) is 5.82 Å². The van der Waals surface area contributed by atoms with Crippen molar-refractivity contribution >= 4 is 34.4 Å². The summed E-state index contributed by atoms with van der Waals surface area (Å²) < 4.78 is 19.7. The summed E-state index contributed by atoms with van der Waals surface area (Å²) in [4.78, 5) is 37.5. The van der Waals surface area contributed by atoms with Gasteiger partial charge in [0.2, 0.25) is 11.8 Å². The van der Waals surface area contributed by atoms with Gasteiger partial charge < -0.3 is 15.5 Å². The van der Waals surface area contributed by atoms with Crippen molar-refractivity contribution < 1.29 is 23.2 Å². The molecule has 9 heteroatoms. The number of carbonyl (C=O) groups excluding carboxylic acids is 3. The molecule has 1 saturated heterocycles. The van der Waals surface area contributed by atoms with E-state index in [1.807, 2.05) is 55.6 Å². The zero-order valence-corrected chi connectivity index (χ0v) is 20.8. The van der Waals surface area contributed by atoms with E-state index >= 15 is 0 Å². The zero-order valence-electron chi connectivity index (χ0n) is 20.8. The molecule has 1 aromatic heterocycles. The standard InChI is InChI=1S/C29H27FN4O4/c1-34(16-19-4-2-3-5-23(19)32-24-10-11-26(35)33-29(24)37)15-17-6-8-18(9-7-17)25-13-20-12-21(30)14-22(28(31)36)27(20)38-25/h2-9,12-14,24,32H,10-11,15-16H2,1H3,(H2,31,36)(H,33,35,37). The van der Waals surface area contributed by atoms with Gasteiger partial charge in [-0.25, -0.2) is 4.39 Å². The van der Waals surface area contributed by atoms with E-state index in [1.165, 1.54) is 6.07 Å². The minimum atomic E-state index is -0.748. The number of furan rings is 1. The Morgan fingerprint density at radius 2 is 1.87 bits per heavy atom. The lowest BCUT2D eigenvalue weighted by Gasteiger charge is -2.25. The van der Waals surface area contributed by atoms with E-state index in [0.717, 1.165) is 28.4 Å². The van der Waals surface area contributed by atoms with Gasteiger partial charge in [0.05, 0.1) is 5.56 Å². The molecule has 0 spiro atoms. The van der Waals surface area contributed by atoms with Crippen molar-refractivity contribution in [3.8, 4) is 11.3 Å². The molecule has 38 heavy (non-hydrogen) atoms. The number of hydrogen-bond donors (Lipinski definition) is 3. The van der Waals surface area contributed by atoms with Crippen molar-refractivity contribution in [3.63, 3.8) is 0 Å². The summed E-state index contributed by atoms with van der Waals surface area (Å²) in [5.74, 6) is -1.32. The number of amides is 3. The fourth-order valence-corrected chi connectivity index (χ4v) is 4.69. The second kappa shape index (κ2) is 10.5. The Balaban J connectivity index is 1.26. The fourth-order valence-electron chi connectivity index (χ4n) is 4.69. The van der Waals surface area contributed by atoms with E-state index in [9.17, 15) is 18.8 Å². The van der Waals surface area contributed by atoms with Crippen LogP contribution in [-0.2, 0) is 22.7 Å². The maximum atomic E-state index is 13.9. The molecule has 0 saturated carbocycles. The van der Waals surface area contributed by atoms with Crippen molar-refractivity contribution in [1.29, 1.82) is 0 Å². The van der Waals surface area contributed by atoms with Gasteiger partial charge in [-0.05, 0) is 48.9 Å². The van der Waals surface area contributed by atoms with Gasteiger partial charge in [-0.1, -0.05) is 42.5 Å². The number of nitrogens with zero attached hydrogens (tertiary/aromatic N) is 1. The minimum absolute atomic E-state index is 0.0110. The van der Waals surface area contributed by atoms with Crippen LogP contribution >= 0.6 is 0 Å². The monoisotopic (exact) mass is 514 g/mol. The predicted molar refractivity (Wildman–Crippen MR) is 142 cm³/mol. The lowest BCUT2D eigenvalue weighted by atomic mass is 10.0. The summed E-state index contributed by atoms with van der Waals surface area (Å²) in [6, 6.07) is 19.3. The summed E-state index contributed by atoms with van der Waals surface area (Å²) >= 11 is 0. The summed E-state index contributed by atoms with van der Waals surface area (Å²) in [5, 5.41) is 6.14. The Kier molecular flexibility index (Phi) is 6.93. The van der Waals surface area contributed by atoms with Gasteiger partial charge in [0.15, 0.2) is 0 Å². The molecule has 4 aromatic rings. The smallest absolute Gasteiger partial charge is 0.252 e. The first-order valence-electron chi connectivity index (χ1n) is 12.3. The summed E-state index contributed by atoms with van der Waals surface area (Å²) in [5.41, 5.74) is 9.43. The second-order valence-corrected chi connectivity index (χ2v) is 9.52. The number of primary amides is 1. The highest BCUT2D eigenvalue weighted by atomic mass is 19.1. The van der Waals surface area contributed by atoms with Crippen LogP contribution in [0.1, 0.15) is 34.3 Å². The van der Waals surface area contributed by atoms with E-state index in [0.29, 0.717) is 37.1 Å². The molecular formula is C29H27FN4O4. The van der Waals surface area contributed by atoms with Gasteiger partial charge in [-0.2, -0.15) is 0 Å². The van der Waals surface area contributed by atoms with Gasteiger partial charge in [0.1, 0.15) is 23.2 Å². The molecule has 0 radical (unpaired) electrons. The molecule has 3 aromatic carbocycles. The number of piperidine rings is 1. The summed E-state index contributed by atoms with van der Waals surface area (Å²) in [6.07, 6.45) is 0.782. The number of fused-ring (bicyclic) bond motifs is 1. The van der Waals surface area contributed by atoms with Crippen molar-refractivity contribution in [2.75, 3.05) is 12.4 Å².